The summed E-state index contributed by atoms with van der Waals surface area (Å²) in [5, 5.41) is 7.24. The maximum Gasteiger partial charge on any atom is 0.416 e. The van der Waals surface area contributed by atoms with Crippen molar-refractivity contribution in [2.75, 3.05) is 23.1 Å². The number of urea groups is 1. The molecule has 1 aliphatic heterocycles. The maximum absolute atomic E-state index is 13.1. The lowest BCUT2D eigenvalue weighted by Crippen LogP contribution is -2.31. The van der Waals surface area contributed by atoms with Crippen molar-refractivity contribution in [1.82, 2.24) is 14.8 Å². The number of nitrogens with one attached hydrogen (secondary N) is 1. The number of alkyl halides is 3. The van der Waals surface area contributed by atoms with Gasteiger partial charge in [-0.25, -0.2) is 14.5 Å². The number of rotatable bonds is 6. The number of ether oxygens (including phenoxy) is 1. The summed E-state index contributed by atoms with van der Waals surface area (Å²) in [6, 6.07) is 16.2. The van der Waals surface area contributed by atoms with Gasteiger partial charge in [0, 0.05) is 17.3 Å². The molecule has 1 fully saturated rings. The number of amides is 3. The van der Waals surface area contributed by atoms with Crippen LogP contribution in [0.1, 0.15) is 30.9 Å². The van der Waals surface area contributed by atoms with Gasteiger partial charge in [-0.2, -0.15) is 18.2 Å². The fourth-order valence-electron chi connectivity index (χ4n) is 4.30. The van der Waals surface area contributed by atoms with Crippen LogP contribution in [0.5, 0.6) is 5.75 Å². The van der Waals surface area contributed by atoms with E-state index in [4.69, 9.17) is 4.74 Å². The predicted molar refractivity (Wildman–Crippen MR) is 155 cm³/mol. The molecule has 0 atom stereocenters. The molecule has 3 aromatic carbocycles. The molecule has 2 heterocycles. The zero-order chi connectivity index (χ0) is 30.0. The largest absolute Gasteiger partial charge is 0.497 e. The summed E-state index contributed by atoms with van der Waals surface area (Å²) in [7, 11) is 1.54. The minimum Gasteiger partial charge on any atom is -0.497 e. The fraction of sp³-hybridized carbons (Fsp3) is 0.207. The lowest BCUT2D eigenvalue weighted by Gasteiger charge is -2.22. The van der Waals surface area contributed by atoms with Crippen molar-refractivity contribution < 1.29 is 27.5 Å². The van der Waals surface area contributed by atoms with Crippen LogP contribution in [0, 0.1) is 0 Å². The highest BCUT2D eigenvalue weighted by atomic mass is 32.2. The Morgan fingerprint density at radius 1 is 1.10 bits per heavy atom. The molecular formula is C29H25F3N6O3S. The summed E-state index contributed by atoms with van der Waals surface area (Å²) in [5.41, 5.74) is 2.00. The number of hydrogen-bond acceptors (Lipinski definition) is 6. The lowest BCUT2D eigenvalue weighted by molar-refractivity contribution is -0.137. The van der Waals surface area contributed by atoms with Gasteiger partial charge in [0.05, 0.1) is 29.8 Å². The number of methoxy groups -OCH3 is 1. The van der Waals surface area contributed by atoms with Crippen LogP contribution in [0.4, 0.5) is 29.3 Å². The zero-order valence-electron chi connectivity index (χ0n) is 22.7. The molecule has 0 saturated carbocycles. The fourth-order valence-corrected chi connectivity index (χ4v) is 5.16. The van der Waals surface area contributed by atoms with Gasteiger partial charge < -0.3 is 10.1 Å². The molecule has 13 heteroatoms. The normalized spacial score (nSPS) is 14.6. The van der Waals surface area contributed by atoms with Gasteiger partial charge in [0.15, 0.2) is 11.0 Å². The van der Waals surface area contributed by atoms with E-state index in [1.165, 1.54) is 39.8 Å². The van der Waals surface area contributed by atoms with Gasteiger partial charge in [0.2, 0.25) is 5.91 Å². The summed E-state index contributed by atoms with van der Waals surface area (Å²) in [6.45, 7) is 4.02. The summed E-state index contributed by atoms with van der Waals surface area (Å²) in [4.78, 5) is 35.4. The van der Waals surface area contributed by atoms with Crippen molar-refractivity contribution in [2.45, 2.75) is 25.9 Å². The maximum atomic E-state index is 13.1. The molecule has 0 spiro atoms. The molecule has 4 aromatic rings. The average molecular weight is 595 g/mol. The topological polar surface area (TPSA) is 102 Å². The zero-order valence-corrected chi connectivity index (χ0v) is 23.5. The first-order valence-electron chi connectivity index (χ1n) is 12.8. The van der Waals surface area contributed by atoms with E-state index in [9.17, 15) is 22.8 Å². The molecular weight excluding hydrogens is 569 g/mol. The number of thioether (sulfide) groups is 1. The van der Waals surface area contributed by atoms with Gasteiger partial charge in [-0.3, -0.25) is 9.69 Å². The van der Waals surface area contributed by atoms with Crippen molar-refractivity contribution in [3.05, 3.63) is 84.2 Å². The highest BCUT2D eigenvalue weighted by Crippen LogP contribution is 2.36. The van der Waals surface area contributed by atoms with Crippen LogP contribution in [0.25, 0.3) is 17.1 Å². The van der Waals surface area contributed by atoms with Crippen molar-refractivity contribution in [3.63, 3.8) is 0 Å². The smallest absolute Gasteiger partial charge is 0.416 e. The Morgan fingerprint density at radius 3 is 2.55 bits per heavy atom. The van der Waals surface area contributed by atoms with Gasteiger partial charge in [-0.1, -0.05) is 37.7 Å². The minimum absolute atomic E-state index is 0.115. The van der Waals surface area contributed by atoms with Crippen LogP contribution in [-0.2, 0) is 11.0 Å². The lowest BCUT2D eigenvalue weighted by atomic mass is 10.00. The van der Waals surface area contributed by atoms with E-state index in [0.29, 0.717) is 28.5 Å². The number of carbonyl (C=O) groups excluding carboxylic acids is 2. The van der Waals surface area contributed by atoms with Crippen molar-refractivity contribution in [3.8, 4) is 22.8 Å². The molecule has 0 aliphatic carbocycles. The molecule has 5 rings (SSSR count). The molecule has 1 saturated heterocycles. The van der Waals surface area contributed by atoms with Crippen LogP contribution in [0.3, 0.4) is 0 Å². The molecule has 0 unspecified atom stereocenters. The second-order valence-corrected chi connectivity index (χ2v) is 10.5. The average Bonchev–Trinajstić information content (AvgIpc) is 3.60. The van der Waals surface area contributed by atoms with E-state index in [-0.39, 0.29) is 28.4 Å². The first kappa shape index (κ1) is 28.9. The second-order valence-electron chi connectivity index (χ2n) is 9.56. The quantitative estimate of drug-likeness (QED) is 0.265. The van der Waals surface area contributed by atoms with Crippen LogP contribution >= 0.6 is 11.8 Å². The number of aromatic nitrogens is 3. The van der Waals surface area contributed by atoms with Gasteiger partial charge in [-0.15, -0.1) is 5.10 Å². The molecule has 42 heavy (non-hydrogen) atoms. The van der Waals surface area contributed by atoms with Crippen molar-refractivity contribution in [2.24, 2.45) is 4.99 Å². The number of anilines is 2. The Kier molecular flexibility index (Phi) is 8.03. The molecule has 216 valence electrons. The Morgan fingerprint density at radius 2 is 1.86 bits per heavy atom. The standard InChI is InChI=1S/C29H25F3N6O3S/c1-17(2)23-12-11-22(41-3)14-24(23)38-25(39)15-42-28(38)35-27(40)34-20-9-7-18(8-10-20)26-33-16-37(36-26)21-6-4-5-19(13-21)29(30,31)32/h4-14,16-17H,15H2,1-3H3,(H,34,40)/b35-28-. The van der Waals surface area contributed by atoms with E-state index in [2.05, 4.69) is 20.4 Å². The van der Waals surface area contributed by atoms with Crippen molar-refractivity contribution >= 4 is 40.2 Å². The molecule has 1 N–H and O–H groups in total. The van der Waals surface area contributed by atoms with E-state index >= 15 is 0 Å². The highest BCUT2D eigenvalue weighted by Gasteiger charge is 2.33. The molecule has 9 nitrogen and oxygen atoms in total. The van der Waals surface area contributed by atoms with E-state index in [1.54, 1.807) is 37.4 Å². The van der Waals surface area contributed by atoms with Gasteiger partial charge >= 0.3 is 12.2 Å². The Hall–Kier alpha value is -4.65. The highest BCUT2D eigenvalue weighted by molar-refractivity contribution is 8.15. The molecule has 1 aliphatic rings. The number of hydrogen-bond donors (Lipinski definition) is 1. The number of amidine groups is 1. The summed E-state index contributed by atoms with van der Waals surface area (Å²) in [6.07, 6.45) is -3.14. The van der Waals surface area contributed by atoms with Gasteiger partial charge in [0.1, 0.15) is 12.1 Å². The van der Waals surface area contributed by atoms with E-state index in [1.807, 2.05) is 26.0 Å². The predicted octanol–water partition coefficient (Wildman–Crippen LogP) is 6.75. The SMILES string of the molecule is COc1ccc(C(C)C)c(N2C(=O)CS/C2=N\C(=O)Nc2ccc(-c3ncn(-c4cccc(C(F)(F)F)c4)n3)cc2)c1. The molecule has 0 radical (unpaired) electrons. The Balaban J connectivity index is 1.31. The molecule has 1 aromatic heterocycles. The summed E-state index contributed by atoms with van der Waals surface area (Å²) < 4.78 is 45.8. The van der Waals surface area contributed by atoms with Gasteiger partial charge in [0.25, 0.3) is 0 Å². The third kappa shape index (κ3) is 6.15. The summed E-state index contributed by atoms with van der Waals surface area (Å²) >= 11 is 1.17. The number of aliphatic imine (C=N–C) groups is 1. The minimum atomic E-state index is -4.47. The Labute approximate surface area is 243 Å². The third-order valence-electron chi connectivity index (χ3n) is 6.39. The van der Waals surface area contributed by atoms with E-state index < -0.39 is 17.8 Å². The number of carbonyl (C=O) groups is 2. The third-order valence-corrected chi connectivity index (χ3v) is 7.31. The Bertz CT molecular complexity index is 1670. The number of nitrogens with zero attached hydrogens (tertiary/aromatic N) is 5. The number of halogens is 3. The van der Waals surface area contributed by atoms with Crippen molar-refractivity contribution in [1.29, 1.82) is 0 Å². The molecule has 0 bridgehead atoms. The van der Waals surface area contributed by atoms with Gasteiger partial charge in [-0.05, 0) is 60.0 Å². The first-order chi connectivity index (χ1) is 20.0. The van der Waals surface area contributed by atoms with E-state index in [0.717, 1.165) is 17.7 Å². The monoisotopic (exact) mass is 594 g/mol. The van der Waals surface area contributed by atoms with Crippen LogP contribution in [0.2, 0.25) is 0 Å². The number of benzene rings is 3. The second kappa shape index (κ2) is 11.7. The van der Waals surface area contributed by atoms with Crippen LogP contribution in [-0.4, -0.2) is 44.7 Å². The summed E-state index contributed by atoms with van der Waals surface area (Å²) in [5.74, 6) is 0.945. The molecule has 3 amide bonds. The van der Waals surface area contributed by atoms with Crippen LogP contribution in [0.15, 0.2) is 78.0 Å². The van der Waals surface area contributed by atoms with Crippen LogP contribution < -0.4 is 15.0 Å². The first-order valence-corrected chi connectivity index (χ1v) is 13.7.